The Morgan fingerprint density at radius 1 is 1.28 bits per heavy atom. The minimum absolute atomic E-state index is 0.0765. The molecule has 1 aromatic carbocycles. The maximum atomic E-state index is 12.0. The fourth-order valence-electron chi connectivity index (χ4n) is 3.24. The number of aromatic amines is 1. The van der Waals surface area contributed by atoms with E-state index in [9.17, 15) is 25.2 Å². The number of H-pyrrole nitrogens is 1. The summed E-state index contributed by atoms with van der Waals surface area (Å²) in [7, 11) is 0. The number of imidazole rings is 1. The average Bonchev–Trinajstić information content (AvgIpc) is 3.18. The normalized spacial score (nSPS) is 26.2. The van der Waals surface area contributed by atoms with Gasteiger partial charge in [0.2, 0.25) is 5.95 Å². The molecule has 1 fully saturated rings. The first-order valence-electron chi connectivity index (χ1n) is 8.61. The Labute approximate surface area is 162 Å². The number of rotatable bonds is 5. The lowest BCUT2D eigenvalue weighted by molar-refractivity contribution is -0.375. The van der Waals surface area contributed by atoms with Gasteiger partial charge in [0.15, 0.2) is 17.4 Å². The number of hydrogen-bond donors (Lipinski definition) is 6. The molecule has 0 aliphatic carbocycles. The van der Waals surface area contributed by atoms with Crippen LogP contribution in [0.1, 0.15) is 11.8 Å². The highest BCUT2D eigenvalue weighted by Gasteiger charge is 2.68. The van der Waals surface area contributed by atoms with Crippen LogP contribution in [0.2, 0.25) is 0 Å². The number of nitrogens with zero attached hydrogens (tertiary/aromatic N) is 3. The lowest BCUT2D eigenvalue weighted by atomic mass is 10.0. The molecule has 12 heteroatoms. The summed E-state index contributed by atoms with van der Waals surface area (Å²) in [5.74, 6) is -5.96. The summed E-state index contributed by atoms with van der Waals surface area (Å²) in [5.41, 5.74) is 5.40. The summed E-state index contributed by atoms with van der Waals surface area (Å²) in [6.07, 6.45) is -2.12. The number of aromatic nitrogens is 4. The monoisotopic (exact) mass is 405 g/mol. The molecule has 12 nitrogen and oxygen atoms in total. The van der Waals surface area contributed by atoms with Crippen molar-refractivity contribution in [3.63, 3.8) is 0 Å². The third-order valence-electron chi connectivity index (χ3n) is 4.77. The van der Waals surface area contributed by atoms with Crippen molar-refractivity contribution in [3.8, 4) is 0 Å². The van der Waals surface area contributed by atoms with Crippen LogP contribution in [-0.2, 0) is 16.1 Å². The number of hydrogen-bond acceptors (Lipinski definition) is 10. The van der Waals surface area contributed by atoms with E-state index < -0.39 is 36.1 Å². The quantitative estimate of drug-likeness (QED) is 0.264. The molecule has 0 radical (unpaired) electrons. The van der Waals surface area contributed by atoms with E-state index in [0.717, 1.165) is 10.9 Å². The van der Waals surface area contributed by atoms with Crippen LogP contribution in [0.4, 0.5) is 5.95 Å². The van der Waals surface area contributed by atoms with Crippen molar-refractivity contribution in [1.29, 1.82) is 0 Å². The molecule has 3 aromatic rings. The molecule has 0 spiro atoms. The standard InChI is InChI=1S/C17H19N5O7/c18-15-20-12-11(13(24)21-15)19-8-22(12)14-17(27,16(25,26)10(6-23)29-14)28-7-9-4-2-1-3-5-9/h1-5,8,10,14,23,25-27H,6-7H2,(H3,18,20,21,24)/t10-,14-,17-/m1/s1. The first kappa shape index (κ1) is 19.4. The number of aliphatic hydroxyl groups excluding tert-OH is 1. The van der Waals surface area contributed by atoms with Crippen LogP contribution in [0.25, 0.3) is 11.2 Å². The lowest BCUT2D eigenvalue weighted by Gasteiger charge is -2.36. The van der Waals surface area contributed by atoms with Gasteiger partial charge < -0.3 is 35.6 Å². The zero-order chi connectivity index (χ0) is 20.8. The third kappa shape index (κ3) is 2.98. The number of nitrogens with two attached hydrogens (primary N) is 1. The van der Waals surface area contributed by atoms with Gasteiger partial charge in [-0.1, -0.05) is 30.3 Å². The smallest absolute Gasteiger partial charge is 0.280 e. The second kappa shape index (κ2) is 6.88. The predicted molar refractivity (Wildman–Crippen MR) is 96.9 cm³/mol. The Hall–Kier alpha value is -2.87. The van der Waals surface area contributed by atoms with Gasteiger partial charge in [-0.3, -0.25) is 14.3 Å². The number of fused-ring (bicyclic) bond motifs is 1. The Bertz CT molecular complexity index is 1080. The summed E-state index contributed by atoms with van der Waals surface area (Å²) in [6, 6.07) is 8.70. The highest BCUT2D eigenvalue weighted by Crippen LogP contribution is 2.46. The molecular formula is C17H19N5O7. The highest BCUT2D eigenvalue weighted by molar-refractivity contribution is 5.70. The number of benzene rings is 1. The molecular weight excluding hydrogens is 386 g/mol. The van der Waals surface area contributed by atoms with Crippen LogP contribution >= 0.6 is 0 Å². The molecule has 0 saturated carbocycles. The molecule has 0 amide bonds. The molecule has 1 aliphatic heterocycles. The van der Waals surface area contributed by atoms with E-state index in [1.165, 1.54) is 0 Å². The maximum absolute atomic E-state index is 12.0. The molecule has 4 rings (SSSR count). The van der Waals surface area contributed by atoms with Crippen LogP contribution in [0, 0.1) is 0 Å². The molecule has 0 unspecified atom stereocenters. The van der Waals surface area contributed by atoms with E-state index in [4.69, 9.17) is 15.2 Å². The second-order valence-electron chi connectivity index (χ2n) is 6.63. The van der Waals surface area contributed by atoms with Crippen molar-refractivity contribution in [2.75, 3.05) is 12.3 Å². The number of aliphatic hydroxyl groups is 4. The van der Waals surface area contributed by atoms with E-state index in [1.54, 1.807) is 30.3 Å². The fourth-order valence-corrected chi connectivity index (χ4v) is 3.24. The van der Waals surface area contributed by atoms with Gasteiger partial charge in [0.1, 0.15) is 6.10 Å². The van der Waals surface area contributed by atoms with Gasteiger partial charge in [0, 0.05) is 0 Å². The van der Waals surface area contributed by atoms with Crippen molar-refractivity contribution in [2.24, 2.45) is 0 Å². The summed E-state index contributed by atoms with van der Waals surface area (Å²) in [5, 5.41) is 41.8. The number of anilines is 1. The molecule has 2 aromatic heterocycles. The topological polar surface area (TPSA) is 189 Å². The van der Waals surface area contributed by atoms with E-state index in [-0.39, 0.29) is 23.7 Å². The molecule has 0 bridgehead atoms. The molecule has 154 valence electrons. The van der Waals surface area contributed by atoms with Crippen molar-refractivity contribution in [1.82, 2.24) is 19.5 Å². The number of ether oxygens (including phenoxy) is 2. The molecule has 3 atom stereocenters. The van der Waals surface area contributed by atoms with Gasteiger partial charge in [-0.2, -0.15) is 4.98 Å². The predicted octanol–water partition coefficient (Wildman–Crippen LogP) is -1.82. The summed E-state index contributed by atoms with van der Waals surface area (Å²) >= 11 is 0. The van der Waals surface area contributed by atoms with Crippen molar-refractivity contribution >= 4 is 17.1 Å². The van der Waals surface area contributed by atoms with Crippen LogP contribution in [0.5, 0.6) is 0 Å². The minimum atomic E-state index is -3.00. The first-order valence-corrected chi connectivity index (χ1v) is 8.61. The van der Waals surface area contributed by atoms with E-state index in [2.05, 4.69) is 15.0 Å². The van der Waals surface area contributed by atoms with Gasteiger partial charge >= 0.3 is 0 Å². The number of nitrogen functional groups attached to an aromatic ring is 1. The minimum Gasteiger partial charge on any atom is -0.393 e. The van der Waals surface area contributed by atoms with Crippen LogP contribution in [0.3, 0.4) is 0 Å². The van der Waals surface area contributed by atoms with Gasteiger partial charge in [0.25, 0.3) is 17.1 Å². The zero-order valence-electron chi connectivity index (χ0n) is 15.0. The Kier molecular flexibility index (Phi) is 4.61. The molecule has 1 aliphatic rings. The Balaban J connectivity index is 1.79. The van der Waals surface area contributed by atoms with Crippen LogP contribution in [0.15, 0.2) is 41.5 Å². The zero-order valence-corrected chi connectivity index (χ0v) is 15.0. The van der Waals surface area contributed by atoms with Crippen LogP contribution < -0.4 is 11.3 Å². The molecule has 1 saturated heterocycles. The van der Waals surface area contributed by atoms with E-state index in [0.29, 0.717) is 5.56 Å². The fraction of sp³-hybridized carbons (Fsp3) is 0.353. The largest absolute Gasteiger partial charge is 0.393 e. The van der Waals surface area contributed by atoms with Crippen molar-refractivity contribution in [3.05, 3.63) is 52.6 Å². The van der Waals surface area contributed by atoms with Gasteiger partial charge in [-0.05, 0) is 5.56 Å². The summed E-state index contributed by atoms with van der Waals surface area (Å²) in [6.45, 7) is -1.04. The average molecular weight is 405 g/mol. The molecule has 3 heterocycles. The third-order valence-corrected chi connectivity index (χ3v) is 4.77. The Morgan fingerprint density at radius 3 is 2.69 bits per heavy atom. The maximum Gasteiger partial charge on any atom is 0.280 e. The molecule has 29 heavy (non-hydrogen) atoms. The van der Waals surface area contributed by atoms with Gasteiger partial charge in [-0.15, -0.1) is 0 Å². The summed E-state index contributed by atoms with van der Waals surface area (Å²) < 4.78 is 12.0. The van der Waals surface area contributed by atoms with Crippen LogP contribution in [-0.4, -0.2) is 64.2 Å². The Morgan fingerprint density at radius 2 is 2.00 bits per heavy atom. The van der Waals surface area contributed by atoms with Crippen molar-refractivity contribution < 1.29 is 29.9 Å². The highest BCUT2D eigenvalue weighted by atomic mass is 16.7. The van der Waals surface area contributed by atoms with Crippen molar-refractivity contribution in [2.45, 2.75) is 30.5 Å². The second-order valence-corrected chi connectivity index (χ2v) is 6.63. The SMILES string of the molecule is Nc1nc2c(ncn2[C@@H]2O[C@H](CO)C(O)(O)[C@]2(O)OCc2ccccc2)c(=O)[nH]1. The van der Waals surface area contributed by atoms with E-state index >= 15 is 0 Å². The first-order chi connectivity index (χ1) is 13.8. The summed E-state index contributed by atoms with van der Waals surface area (Å²) in [4.78, 5) is 22.2. The van der Waals surface area contributed by atoms with E-state index in [1.807, 2.05) is 0 Å². The van der Waals surface area contributed by atoms with Gasteiger partial charge in [0.05, 0.1) is 19.5 Å². The lowest BCUT2D eigenvalue weighted by Crippen LogP contribution is -2.60. The molecule has 7 N–H and O–H groups in total. The van der Waals surface area contributed by atoms with Gasteiger partial charge in [-0.25, -0.2) is 4.98 Å². The number of nitrogens with one attached hydrogen (secondary N) is 1.